The van der Waals surface area contributed by atoms with E-state index < -0.39 is 0 Å². The maximum absolute atomic E-state index is 5.84. The largest absolute Gasteiger partial charge is 0.374 e. The van der Waals surface area contributed by atoms with Gasteiger partial charge in [-0.15, -0.1) is 0 Å². The minimum Gasteiger partial charge on any atom is -0.374 e. The maximum Gasteiger partial charge on any atom is 0.128 e. The normalized spacial score (nSPS) is 28.2. The molecular weight excluding hydrogens is 238 g/mol. The van der Waals surface area contributed by atoms with Crippen molar-refractivity contribution in [3.63, 3.8) is 0 Å². The van der Waals surface area contributed by atoms with E-state index in [9.17, 15) is 0 Å². The van der Waals surface area contributed by atoms with Crippen LogP contribution in [0.2, 0.25) is 0 Å². The van der Waals surface area contributed by atoms with Gasteiger partial charge in [-0.1, -0.05) is 6.07 Å². The summed E-state index contributed by atoms with van der Waals surface area (Å²) in [5.41, 5.74) is 7.04. The van der Waals surface area contributed by atoms with Gasteiger partial charge in [0.15, 0.2) is 0 Å². The molecule has 1 saturated carbocycles. The van der Waals surface area contributed by atoms with Crippen LogP contribution in [0.1, 0.15) is 31.7 Å². The van der Waals surface area contributed by atoms with E-state index in [1.54, 1.807) is 0 Å². The van der Waals surface area contributed by atoms with Gasteiger partial charge >= 0.3 is 0 Å². The quantitative estimate of drug-likeness (QED) is 0.900. The van der Waals surface area contributed by atoms with E-state index in [2.05, 4.69) is 22.0 Å². The van der Waals surface area contributed by atoms with Gasteiger partial charge in [0.25, 0.3) is 0 Å². The van der Waals surface area contributed by atoms with Crippen LogP contribution in [0.3, 0.4) is 0 Å². The first-order chi connectivity index (χ1) is 9.24. The van der Waals surface area contributed by atoms with Crippen LogP contribution in [-0.2, 0) is 11.2 Å². The average Bonchev–Trinajstić information content (AvgIpc) is 2.87. The molecule has 2 N–H and O–H groups in total. The number of fused-ring (bicyclic) bond motifs is 1. The van der Waals surface area contributed by atoms with Gasteiger partial charge in [0.1, 0.15) is 5.82 Å². The zero-order valence-electron chi connectivity index (χ0n) is 11.6. The van der Waals surface area contributed by atoms with Crippen molar-refractivity contribution in [3.05, 3.63) is 23.9 Å². The molecule has 1 aromatic rings. The summed E-state index contributed by atoms with van der Waals surface area (Å²) in [5.74, 6) is 1.09. The highest BCUT2D eigenvalue weighted by atomic mass is 16.5. The molecule has 0 amide bonds. The predicted molar refractivity (Wildman–Crippen MR) is 76.3 cm³/mol. The first kappa shape index (κ1) is 12.9. The first-order valence-electron chi connectivity index (χ1n) is 7.33. The van der Waals surface area contributed by atoms with Crippen LogP contribution in [0.25, 0.3) is 0 Å². The molecule has 1 aromatic heterocycles. The molecule has 104 valence electrons. The highest BCUT2D eigenvalue weighted by Crippen LogP contribution is 2.32. The Morgan fingerprint density at radius 2 is 2.37 bits per heavy atom. The highest BCUT2D eigenvalue weighted by Gasteiger charge is 2.36. The molecule has 4 heteroatoms. The molecular formula is C15H23N3O. The monoisotopic (exact) mass is 261 g/mol. The number of nitrogens with zero attached hydrogens (tertiary/aromatic N) is 2. The fourth-order valence-corrected chi connectivity index (χ4v) is 3.29. The van der Waals surface area contributed by atoms with Gasteiger partial charge in [0.2, 0.25) is 0 Å². The predicted octanol–water partition coefficient (Wildman–Crippen LogP) is 1.73. The van der Waals surface area contributed by atoms with Crippen LogP contribution in [0.4, 0.5) is 5.82 Å². The fraction of sp³-hybridized carbons (Fsp3) is 0.667. The molecule has 3 rings (SSSR count). The molecule has 2 aliphatic rings. The van der Waals surface area contributed by atoms with Crippen molar-refractivity contribution in [2.45, 2.75) is 50.8 Å². The number of ether oxygens (including phenoxy) is 1. The number of rotatable bonds is 3. The van der Waals surface area contributed by atoms with Crippen molar-refractivity contribution in [3.8, 4) is 0 Å². The average molecular weight is 261 g/mol. The highest BCUT2D eigenvalue weighted by molar-refractivity contribution is 5.42. The first-order valence-corrected chi connectivity index (χ1v) is 7.33. The van der Waals surface area contributed by atoms with Gasteiger partial charge in [0.05, 0.1) is 18.8 Å². The molecule has 0 bridgehead atoms. The van der Waals surface area contributed by atoms with Gasteiger partial charge in [0, 0.05) is 18.8 Å². The van der Waals surface area contributed by atoms with Crippen LogP contribution in [0, 0.1) is 0 Å². The SMILES string of the molecule is CC(N)Cc1ccc(N2CCOC3CCCC32)nc1. The zero-order valence-corrected chi connectivity index (χ0v) is 11.6. The van der Waals surface area contributed by atoms with Crippen molar-refractivity contribution >= 4 is 5.82 Å². The Labute approximate surface area is 115 Å². The third-order valence-electron chi connectivity index (χ3n) is 4.14. The molecule has 0 aromatic carbocycles. The number of nitrogens with two attached hydrogens (primary N) is 1. The molecule has 19 heavy (non-hydrogen) atoms. The molecule has 1 aliphatic heterocycles. The van der Waals surface area contributed by atoms with E-state index in [0.29, 0.717) is 12.1 Å². The van der Waals surface area contributed by atoms with Gasteiger partial charge < -0.3 is 15.4 Å². The summed E-state index contributed by atoms with van der Waals surface area (Å²) in [4.78, 5) is 7.06. The Morgan fingerprint density at radius 1 is 1.47 bits per heavy atom. The van der Waals surface area contributed by atoms with E-state index in [1.807, 2.05) is 13.1 Å². The van der Waals surface area contributed by atoms with Crippen molar-refractivity contribution in [1.82, 2.24) is 4.98 Å². The number of aromatic nitrogens is 1. The fourth-order valence-electron chi connectivity index (χ4n) is 3.29. The zero-order chi connectivity index (χ0) is 13.2. The number of hydrogen-bond donors (Lipinski definition) is 1. The van der Waals surface area contributed by atoms with E-state index in [-0.39, 0.29) is 6.04 Å². The Kier molecular flexibility index (Phi) is 3.71. The lowest BCUT2D eigenvalue weighted by Gasteiger charge is -2.38. The van der Waals surface area contributed by atoms with Gasteiger partial charge in [-0.05, 0) is 44.2 Å². The van der Waals surface area contributed by atoms with E-state index in [1.165, 1.54) is 24.8 Å². The molecule has 4 nitrogen and oxygen atoms in total. The molecule has 1 aliphatic carbocycles. The Bertz CT molecular complexity index is 418. The van der Waals surface area contributed by atoms with Crippen LogP contribution in [0.5, 0.6) is 0 Å². The number of hydrogen-bond acceptors (Lipinski definition) is 4. The molecule has 3 atom stereocenters. The minimum atomic E-state index is 0.190. The standard InChI is InChI=1S/C15H23N3O/c1-11(16)9-12-5-6-15(17-10-12)18-7-8-19-14-4-2-3-13(14)18/h5-6,10-11,13-14H,2-4,7-9,16H2,1H3. The van der Waals surface area contributed by atoms with E-state index in [4.69, 9.17) is 10.5 Å². The Balaban J connectivity index is 1.74. The molecule has 0 radical (unpaired) electrons. The Morgan fingerprint density at radius 3 is 3.11 bits per heavy atom. The minimum absolute atomic E-state index is 0.190. The summed E-state index contributed by atoms with van der Waals surface area (Å²) in [5, 5.41) is 0. The topological polar surface area (TPSA) is 51.4 Å². The third kappa shape index (κ3) is 2.74. The number of pyridine rings is 1. The second-order valence-corrected chi connectivity index (χ2v) is 5.81. The lowest BCUT2D eigenvalue weighted by molar-refractivity contribution is 0.0253. The van der Waals surface area contributed by atoms with Crippen LogP contribution in [0.15, 0.2) is 18.3 Å². The van der Waals surface area contributed by atoms with Gasteiger partial charge in [-0.3, -0.25) is 0 Å². The molecule has 2 heterocycles. The second-order valence-electron chi connectivity index (χ2n) is 5.81. The summed E-state index contributed by atoms with van der Waals surface area (Å²) in [6.45, 7) is 3.81. The Hall–Kier alpha value is -1.13. The lowest BCUT2D eigenvalue weighted by atomic mass is 10.1. The van der Waals surface area contributed by atoms with Crippen LogP contribution < -0.4 is 10.6 Å². The summed E-state index contributed by atoms with van der Waals surface area (Å²) in [6.07, 6.45) is 6.98. The van der Waals surface area contributed by atoms with Gasteiger partial charge in [-0.2, -0.15) is 0 Å². The van der Waals surface area contributed by atoms with Crippen molar-refractivity contribution in [2.24, 2.45) is 5.73 Å². The van der Waals surface area contributed by atoms with Crippen molar-refractivity contribution in [1.29, 1.82) is 0 Å². The molecule has 0 spiro atoms. The third-order valence-corrected chi connectivity index (χ3v) is 4.14. The van der Waals surface area contributed by atoms with Gasteiger partial charge in [-0.25, -0.2) is 4.98 Å². The lowest BCUT2D eigenvalue weighted by Crippen LogP contribution is -2.49. The van der Waals surface area contributed by atoms with Crippen LogP contribution in [-0.4, -0.2) is 36.3 Å². The van der Waals surface area contributed by atoms with Crippen LogP contribution >= 0.6 is 0 Å². The molecule has 2 fully saturated rings. The van der Waals surface area contributed by atoms with E-state index in [0.717, 1.165) is 25.4 Å². The number of anilines is 1. The molecule has 3 unspecified atom stereocenters. The summed E-state index contributed by atoms with van der Waals surface area (Å²) < 4.78 is 5.84. The summed E-state index contributed by atoms with van der Waals surface area (Å²) >= 11 is 0. The summed E-state index contributed by atoms with van der Waals surface area (Å²) in [7, 11) is 0. The van der Waals surface area contributed by atoms with Crippen molar-refractivity contribution < 1.29 is 4.74 Å². The van der Waals surface area contributed by atoms with E-state index >= 15 is 0 Å². The second kappa shape index (κ2) is 5.47. The summed E-state index contributed by atoms with van der Waals surface area (Å²) in [6, 6.07) is 5.01. The molecule has 1 saturated heterocycles. The number of morpholine rings is 1. The smallest absolute Gasteiger partial charge is 0.128 e. The van der Waals surface area contributed by atoms with Crippen molar-refractivity contribution in [2.75, 3.05) is 18.1 Å². The maximum atomic E-state index is 5.84.